The van der Waals surface area contributed by atoms with Crippen LogP contribution in [0.4, 0.5) is 18.9 Å². The van der Waals surface area contributed by atoms with E-state index in [9.17, 15) is 28.0 Å². The van der Waals surface area contributed by atoms with Crippen LogP contribution in [-0.2, 0) is 6.54 Å². The highest BCUT2D eigenvalue weighted by atomic mass is 35.5. The Hall–Kier alpha value is -4.68. The van der Waals surface area contributed by atoms with Gasteiger partial charge in [-0.15, -0.1) is 5.10 Å². The molecule has 2 heterocycles. The number of anilines is 1. The second-order valence-corrected chi connectivity index (χ2v) is 10.2. The number of nitrogens with zero attached hydrogens (tertiary/aromatic N) is 6. The number of aromatic nitrogens is 3. The predicted molar refractivity (Wildman–Crippen MR) is 145 cm³/mol. The van der Waals surface area contributed by atoms with Gasteiger partial charge < -0.3 is 16.4 Å². The molecule has 0 fully saturated rings. The fraction of sp³-hybridized carbons (Fsp3) is 0.280. The summed E-state index contributed by atoms with van der Waals surface area (Å²) in [6.45, 7) is 6.44. The molecular weight excluding hydrogens is 565 g/mol. The Morgan fingerprint density at radius 2 is 1.90 bits per heavy atom. The average molecular weight is 591 g/mol. The molecule has 0 aliphatic rings. The topological polar surface area (TPSA) is 180 Å². The van der Waals surface area contributed by atoms with Gasteiger partial charge in [0.25, 0.3) is 11.8 Å². The lowest BCUT2D eigenvalue weighted by Crippen LogP contribution is -2.41. The highest BCUT2D eigenvalue weighted by Gasteiger charge is 2.34. The maximum Gasteiger partial charge on any atom is 0.450 e. The predicted octanol–water partition coefficient (Wildman–Crippen LogP) is 3.39. The number of nitrogens with one attached hydrogen (secondary N) is 2. The highest BCUT2D eigenvalue weighted by Crippen LogP contribution is 2.26. The molecule has 216 valence electrons. The smallest absolute Gasteiger partial charge is 0.378 e. The Morgan fingerprint density at radius 1 is 1.22 bits per heavy atom. The number of rotatable bonds is 7. The number of carbonyl (C=O) groups excluding carboxylic acids is 2. The Kier molecular flexibility index (Phi) is 8.90. The number of carbonyl (C=O) groups is 2. The third-order valence-electron chi connectivity index (χ3n) is 5.22. The van der Waals surface area contributed by atoms with Crippen LogP contribution in [0, 0.1) is 18.3 Å². The van der Waals surface area contributed by atoms with Crippen molar-refractivity contribution in [3.63, 3.8) is 0 Å². The summed E-state index contributed by atoms with van der Waals surface area (Å²) in [5.41, 5.74) is 4.97. The zero-order chi connectivity index (χ0) is 30.7. The quantitative estimate of drug-likeness (QED) is 0.140. The number of amidine groups is 1. The van der Waals surface area contributed by atoms with Gasteiger partial charge in [0.2, 0.25) is 5.84 Å². The monoisotopic (exact) mass is 590 g/mol. The molecule has 12 nitrogen and oxygen atoms in total. The van der Waals surface area contributed by atoms with Crippen molar-refractivity contribution in [2.75, 3.05) is 5.32 Å². The van der Waals surface area contributed by atoms with Crippen LogP contribution >= 0.6 is 11.6 Å². The molecule has 0 aliphatic carbocycles. The maximum atomic E-state index is 13.6. The van der Waals surface area contributed by atoms with E-state index >= 15 is 0 Å². The van der Waals surface area contributed by atoms with Crippen molar-refractivity contribution in [2.24, 2.45) is 16.7 Å². The molecule has 0 aliphatic heterocycles. The van der Waals surface area contributed by atoms with Gasteiger partial charge in [0.15, 0.2) is 5.82 Å². The SMILES string of the molecule is Cc1cc(C#N)cc(C(=O)NC(C)(C)C)c1NC(=O)c1cc(CN(N)/N=C(\N)C(F)(F)F)nn1-c1ncccc1Cl. The number of amides is 2. The number of benzene rings is 1. The van der Waals surface area contributed by atoms with Gasteiger partial charge in [-0.3, -0.25) is 9.59 Å². The summed E-state index contributed by atoms with van der Waals surface area (Å²) in [5.74, 6) is 2.64. The number of alkyl halides is 3. The van der Waals surface area contributed by atoms with E-state index in [1.165, 1.54) is 30.5 Å². The molecule has 0 saturated heterocycles. The van der Waals surface area contributed by atoms with Crippen LogP contribution < -0.4 is 22.2 Å². The van der Waals surface area contributed by atoms with E-state index in [-0.39, 0.29) is 39.0 Å². The Balaban J connectivity index is 2.07. The van der Waals surface area contributed by atoms with Crippen LogP contribution in [0.2, 0.25) is 5.02 Å². The van der Waals surface area contributed by atoms with E-state index in [2.05, 4.69) is 25.8 Å². The van der Waals surface area contributed by atoms with Gasteiger partial charge in [0.1, 0.15) is 5.69 Å². The van der Waals surface area contributed by atoms with E-state index in [0.29, 0.717) is 10.7 Å². The first-order valence-corrected chi connectivity index (χ1v) is 12.2. The molecule has 0 radical (unpaired) electrons. The largest absolute Gasteiger partial charge is 0.450 e. The van der Waals surface area contributed by atoms with Crippen LogP contribution in [-0.4, -0.2) is 49.2 Å². The first-order valence-electron chi connectivity index (χ1n) is 11.8. The maximum absolute atomic E-state index is 13.6. The Bertz CT molecular complexity index is 1550. The number of hydrogen-bond donors (Lipinski definition) is 4. The summed E-state index contributed by atoms with van der Waals surface area (Å²) in [6, 6.07) is 9.11. The zero-order valence-electron chi connectivity index (χ0n) is 22.3. The molecule has 6 N–H and O–H groups in total. The molecule has 16 heteroatoms. The molecule has 3 aromatic rings. The first-order chi connectivity index (χ1) is 19.0. The third-order valence-corrected chi connectivity index (χ3v) is 5.51. The fourth-order valence-corrected chi connectivity index (χ4v) is 3.74. The van der Waals surface area contributed by atoms with Crippen molar-refractivity contribution in [3.05, 3.63) is 69.6 Å². The minimum atomic E-state index is -4.90. The van der Waals surface area contributed by atoms with Gasteiger partial charge in [-0.2, -0.15) is 23.5 Å². The fourth-order valence-electron chi connectivity index (χ4n) is 3.54. The summed E-state index contributed by atoms with van der Waals surface area (Å²) in [5, 5.41) is 22.8. The normalized spacial score (nSPS) is 12.0. The van der Waals surface area contributed by atoms with E-state index < -0.39 is 35.9 Å². The second kappa shape index (κ2) is 11.8. The van der Waals surface area contributed by atoms with Crippen molar-refractivity contribution in [1.82, 2.24) is 25.2 Å². The molecule has 0 unspecified atom stereocenters. The van der Waals surface area contributed by atoms with Crippen LogP contribution in [0.25, 0.3) is 5.82 Å². The van der Waals surface area contributed by atoms with Crippen LogP contribution in [0.3, 0.4) is 0 Å². The minimum absolute atomic E-state index is 0.0142. The molecule has 2 amide bonds. The number of nitriles is 1. The second-order valence-electron chi connectivity index (χ2n) is 9.81. The van der Waals surface area contributed by atoms with Gasteiger partial charge in [-0.1, -0.05) is 11.6 Å². The van der Waals surface area contributed by atoms with E-state index in [0.717, 1.165) is 4.68 Å². The number of aryl methyl sites for hydroxylation is 1. The van der Waals surface area contributed by atoms with Crippen molar-refractivity contribution in [3.8, 4) is 11.9 Å². The van der Waals surface area contributed by atoms with Crippen molar-refractivity contribution in [2.45, 2.75) is 46.0 Å². The summed E-state index contributed by atoms with van der Waals surface area (Å²) in [6.07, 6.45) is -3.51. The van der Waals surface area contributed by atoms with E-state index in [1.807, 2.05) is 6.07 Å². The van der Waals surface area contributed by atoms with Gasteiger partial charge in [0.05, 0.1) is 40.1 Å². The Labute approximate surface area is 237 Å². The van der Waals surface area contributed by atoms with Gasteiger partial charge in [-0.05, 0) is 63.6 Å². The lowest BCUT2D eigenvalue weighted by atomic mass is 10.0. The lowest BCUT2D eigenvalue weighted by Gasteiger charge is -2.22. The van der Waals surface area contributed by atoms with Crippen LogP contribution in [0.15, 0.2) is 41.6 Å². The molecular formula is C25H26ClF3N10O2. The third kappa shape index (κ3) is 7.71. The molecule has 2 aromatic heterocycles. The summed E-state index contributed by atoms with van der Waals surface area (Å²) in [4.78, 5) is 30.9. The number of halogens is 4. The number of pyridine rings is 1. The van der Waals surface area contributed by atoms with Gasteiger partial charge >= 0.3 is 6.18 Å². The lowest BCUT2D eigenvalue weighted by molar-refractivity contribution is -0.0615. The molecule has 0 atom stereocenters. The number of nitrogens with two attached hydrogens (primary N) is 2. The highest BCUT2D eigenvalue weighted by molar-refractivity contribution is 6.32. The number of hydrazine groups is 1. The van der Waals surface area contributed by atoms with Crippen molar-refractivity contribution in [1.29, 1.82) is 5.26 Å². The van der Waals surface area contributed by atoms with Crippen molar-refractivity contribution >= 4 is 34.9 Å². The molecule has 1 aromatic carbocycles. The molecule has 0 saturated carbocycles. The van der Waals surface area contributed by atoms with E-state index in [1.54, 1.807) is 33.8 Å². The van der Waals surface area contributed by atoms with Crippen LogP contribution in [0.5, 0.6) is 0 Å². The van der Waals surface area contributed by atoms with Gasteiger partial charge in [0, 0.05) is 11.7 Å². The van der Waals surface area contributed by atoms with E-state index in [4.69, 9.17) is 23.2 Å². The standard InChI is InChI=1S/C25H26ClF3N10O2/c1-13-8-14(11-30)9-16(21(40)35-24(2,3)4)19(13)34-22(41)18-10-15(12-38(32)37-23(31)25(27,28)29)36-39(18)20-17(26)6-5-7-33-20/h5-10H,12,32H2,1-4H3,(H2,31,37)(H,34,41)(H,35,40). The molecule has 0 spiro atoms. The number of hydrazone groups is 1. The molecule has 41 heavy (non-hydrogen) atoms. The summed E-state index contributed by atoms with van der Waals surface area (Å²) in [7, 11) is 0. The summed E-state index contributed by atoms with van der Waals surface area (Å²) >= 11 is 6.28. The summed E-state index contributed by atoms with van der Waals surface area (Å²) < 4.78 is 39.4. The molecule has 0 bridgehead atoms. The number of hydrogen-bond acceptors (Lipinski definition) is 8. The molecule has 3 rings (SSSR count). The first kappa shape index (κ1) is 30.9. The minimum Gasteiger partial charge on any atom is -0.378 e. The van der Waals surface area contributed by atoms with Gasteiger partial charge in [-0.25, -0.2) is 20.6 Å². The van der Waals surface area contributed by atoms with Crippen molar-refractivity contribution < 1.29 is 22.8 Å². The van der Waals surface area contributed by atoms with Crippen LogP contribution in [0.1, 0.15) is 58.4 Å². The zero-order valence-corrected chi connectivity index (χ0v) is 23.1. The average Bonchev–Trinajstić information content (AvgIpc) is 3.26. The Morgan fingerprint density at radius 3 is 2.49 bits per heavy atom.